The van der Waals surface area contributed by atoms with E-state index in [0.717, 1.165) is 0 Å². The van der Waals surface area contributed by atoms with Crippen LogP contribution in [0.4, 0.5) is 0 Å². The molecule has 0 atom stereocenters. The van der Waals surface area contributed by atoms with E-state index < -0.39 is 0 Å². The Labute approximate surface area is 133 Å². The van der Waals surface area contributed by atoms with Gasteiger partial charge in [0.1, 0.15) is 0 Å². The summed E-state index contributed by atoms with van der Waals surface area (Å²) in [5.41, 5.74) is 7.41. The molecule has 21 heavy (non-hydrogen) atoms. The largest absolute Gasteiger partial charge is 0.0673 e. The first-order chi connectivity index (χ1) is 9.13. The molecule has 0 nitrogen and oxygen atoms in total. The Morgan fingerprint density at radius 2 is 0.762 bits per heavy atom. The average molecular weight is 289 g/mol. The molecule has 0 N–H and O–H groups in total. The zero-order valence-electron chi connectivity index (χ0n) is 16.5. The van der Waals surface area contributed by atoms with Gasteiger partial charge in [-0.1, -0.05) is 77.7 Å². The van der Waals surface area contributed by atoms with E-state index in [1.165, 1.54) is 0 Å². The number of fused-ring (bicyclic) bond motifs is 2. The molecule has 0 aromatic rings. The molecule has 0 saturated carbocycles. The lowest BCUT2D eigenvalue weighted by Crippen LogP contribution is -2.67. The summed E-state index contributed by atoms with van der Waals surface area (Å²) in [5.74, 6) is 0. The molecular formula is C21H36. The lowest BCUT2D eigenvalue weighted by atomic mass is 9.29. The molecule has 2 bridgehead atoms. The minimum Gasteiger partial charge on any atom is -0.0673 e. The Kier molecular flexibility index (Phi) is 3.10. The summed E-state index contributed by atoms with van der Waals surface area (Å²) in [4.78, 5) is 0. The molecule has 0 heteroatoms. The predicted molar refractivity (Wildman–Crippen MR) is 94.3 cm³/mol. The van der Waals surface area contributed by atoms with Gasteiger partial charge in [-0.05, 0) is 49.4 Å². The third-order valence-electron chi connectivity index (χ3n) is 9.50. The van der Waals surface area contributed by atoms with Crippen LogP contribution >= 0.6 is 0 Å². The van der Waals surface area contributed by atoms with Crippen LogP contribution in [0.1, 0.15) is 83.1 Å². The van der Waals surface area contributed by atoms with Crippen molar-refractivity contribution in [3.8, 4) is 0 Å². The van der Waals surface area contributed by atoms with Gasteiger partial charge in [0.15, 0.2) is 0 Å². The molecule has 0 radical (unpaired) electrons. The smallest absolute Gasteiger partial charge is 0.0149 e. The van der Waals surface area contributed by atoms with Crippen molar-refractivity contribution in [2.75, 3.05) is 0 Å². The van der Waals surface area contributed by atoms with Crippen LogP contribution in [0, 0.1) is 27.1 Å². The molecular weight excluding hydrogens is 252 g/mol. The zero-order chi connectivity index (χ0) is 16.8. The molecule has 0 aromatic carbocycles. The quantitative estimate of drug-likeness (QED) is 0.431. The fraction of sp³-hybridized carbons (Fsp3) is 0.810. The number of hydrogen-bond acceptors (Lipinski definition) is 0. The summed E-state index contributed by atoms with van der Waals surface area (Å²) in [5, 5.41) is 0. The van der Waals surface area contributed by atoms with Crippen LogP contribution in [-0.2, 0) is 0 Å². The van der Waals surface area contributed by atoms with Gasteiger partial charge >= 0.3 is 0 Å². The first kappa shape index (κ1) is 16.8. The molecule has 0 fully saturated rings. The lowest BCUT2D eigenvalue weighted by molar-refractivity contribution is -0.164. The topological polar surface area (TPSA) is 0 Å². The van der Waals surface area contributed by atoms with Crippen molar-refractivity contribution in [3.63, 3.8) is 0 Å². The van der Waals surface area contributed by atoms with Crippen LogP contribution in [-0.4, -0.2) is 0 Å². The van der Waals surface area contributed by atoms with Crippen LogP contribution in [0.25, 0.3) is 0 Å². The highest BCUT2D eigenvalue weighted by Gasteiger charge is 2.71. The molecule has 2 aliphatic rings. The highest BCUT2D eigenvalue weighted by atomic mass is 14.7. The summed E-state index contributed by atoms with van der Waals surface area (Å²) in [6, 6.07) is 0. The minimum atomic E-state index is 0.168. The van der Waals surface area contributed by atoms with E-state index in [-0.39, 0.29) is 27.1 Å². The van der Waals surface area contributed by atoms with Crippen LogP contribution in [0.5, 0.6) is 0 Å². The fourth-order valence-electron chi connectivity index (χ4n) is 6.50. The highest BCUT2D eigenvalue weighted by Crippen LogP contribution is 2.78. The Morgan fingerprint density at radius 1 is 0.476 bits per heavy atom. The maximum atomic E-state index is 2.55. The Balaban J connectivity index is 3.10. The standard InChI is InChI=1S/C21H36/c1-13-15(3)20(11)16(4)14(2)18(7,8)21(12,17(13,5)6)19(20,9)10/h1-12H3. The zero-order valence-corrected chi connectivity index (χ0v) is 16.5. The molecule has 0 heterocycles. The summed E-state index contributed by atoms with van der Waals surface area (Å²) in [6.45, 7) is 29.5. The van der Waals surface area contributed by atoms with Gasteiger partial charge in [-0.2, -0.15) is 0 Å². The summed E-state index contributed by atoms with van der Waals surface area (Å²) >= 11 is 0. The van der Waals surface area contributed by atoms with Crippen molar-refractivity contribution in [1.29, 1.82) is 0 Å². The van der Waals surface area contributed by atoms with E-state index in [1.807, 2.05) is 0 Å². The lowest BCUT2D eigenvalue weighted by Gasteiger charge is -2.74. The van der Waals surface area contributed by atoms with E-state index in [4.69, 9.17) is 0 Å². The molecule has 0 aromatic heterocycles. The maximum absolute atomic E-state index is 2.55. The summed E-state index contributed by atoms with van der Waals surface area (Å²) < 4.78 is 0. The molecule has 0 spiro atoms. The van der Waals surface area contributed by atoms with Gasteiger partial charge in [-0.3, -0.25) is 0 Å². The van der Waals surface area contributed by atoms with Crippen molar-refractivity contribution >= 4 is 0 Å². The first-order valence-electron chi connectivity index (χ1n) is 8.50. The van der Waals surface area contributed by atoms with Crippen LogP contribution in [0.3, 0.4) is 0 Å². The van der Waals surface area contributed by atoms with Crippen molar-refractivity contribution < 1.29 is 0 Å². The van der Waals surface area contributed by atoms with Gasteiger partial charge in [0, 0.05) is 5.41 Å². The van der Waals surface area contributed by atoms with E-state index in [1.54, 1.807) is 22.3 Å². The number of hydrogen-bond donors (Lipinski definition) is 0. The van der Waals surface area contributed by atoms with E-state index in [0.29, 0.717) is 0 Å². The first-order valence-corrected chi connectivity index (χ1v) is 8.50. The summed E-state index contributed by atoms with van der Waals surface area (Å²) in [7, 11) is 0. The van der Waals surface area contributed by atoms with Crippen LogP contribution in [0.2, 0.25) is 0 Å². The molecule has 120 valence electrons. The SMILES string of the molecule is CC1=C(C)C2(C)C(C)=C(C)C(C)(C)C(C)(C1(C)C)C2(C)C. The van der Waals surface area contributed by atoms with Crippen molar-refractivity contribution in [2.45, 2.75) is 83.1 Å². The maximum Gasteiger partial charge on any atom is 0.0149 e. The second-order valence-corrected chi connectivity index (χ2v) is 9.62. The van der Waals surface area contributed by atoms with Gasteiger partial charge in [0.2, 0.25) is 0 Å². The number of allylic oxidation sites excluding steroid dienone is 4. The molecule has 0 unspecified atom stereocenters. The van der Waals surface area contributed by atoms with Crippen molar-refractivity contribution in [1.82, 2.24) is 0 Å². The van der Waals surface area contributed by atoms with E-state index in [9.17, 15) is 0 Å². The molecule has 0 amide bonds. The van der Waals surface area contributed by atoms with Gasteiger partial charge in [0.25, 0.3) is 0 Å². The predicted octanol–water partition coefficient (Wildman–Crippen LogP) is 6.78. The minimum absolute atomic E-state index is 0.168. The number of rotatable bonds is 0. The second-order valence-electron chi connectivity index (χ2n) is 9.62. The van der Waals surface area contributed by atoms with Gasteiger partial charge in [-0.15, -0.1) is 0 Å². The second kappa shape index (κ2) is 3.87. The average Bonchev–Trinajstić information content (AvgIpc) is 2.38. The van der Waals surface area contributed by atoms with Crippen molar-refractivity contribution in [3.05, 3.63) is 22.3 Å². The Bertz CT molecular complexity index is 523. The van der Waals surface area contributed by atoms with Gasteiger partial charge in [-0.25, -0.2) is 0 Å². The van der Waals surface area contributed by atoms with E-state index >= 15 is 0 Å². The fourth-order valence-corrected chi connectivity index (χ4v) is 6.50. The molecule has 0 saturated heterocycles. The van der Waals surface area contributed by atoms with Crippen LogP contribution in [0.15, 0.2) is 22.3 Å². The van der Waals surface area contributed by atoms with E-state index in [2.05, 4.69) is 83.1 Å². The van der Waals surface area contributed by atoms with Gasteiger partial charge < -0.3 is 0 Å². The third kappa shape index (κ3) is 1.31. The highest BCUT2D eigenvalue weighted by molar-refractivity contribution is 5.49. The normalized spacial score (nSPS) is 40.6. The molecule has 0 aliphatic heterocycles. The van der Waals surface area contributed by atoms with Gasteiger partial charge in [0.05, 0.1) is 0 Å². The van der Waals surface area contributed by atoms with Crippen molar-refractivity contribution in [2.24, 2.45) is 27.1 Å². The Hall–Kier alpha value is -0.520. The summed E-state index contributed by atoms with van der Waals surface area (Å²) in [6.07, 6.45) is 0. The molecule has 2 rings (SSSR count). The Morgan fingerprint density at radius 3 is 1.05 bits per heavy atom. The third-order valence-corrected chi connectivity index (χ3v) is 9.50. The van der Waals surface area contributed by atoms with Crippen LogP contribution < -0.4 is 0 Å². The monoisotopic (exact) mass is 288 g/mol. The molecule has 2 aliphatic carbocycles.